The lowest BCUT2D eigenvalue weighted by Crippen LogP contribution is -2.45. The fourth-order valence-corrected chi connectivity index (χ4v) is 5.96. The second-order valence-electron chi connectivity index (χ2n) is 12.4. The van der Waals surface area contributed by atoms with Crippen LogP contribution in [0.3, 0.4) is 0 Å². The Kier molecular flexibility index (Phi) is 12.5. The van der Waals surface area contributed by atoms with E-state index < -0.39 is 30.4 Å². The zero-order chi connectivity index (χ0) is 34.8. The van der Waals surface area contributed by atoms with E-state index in [0.29, 0.717) is 24.2 Å². The van der Waals surface area contributed by atoms with Gasteiger partial charge in [-0.3, -0.25) is 4.90 Å². The van der Waals surface area contributed by atoms with E-state index in [0.717, 1.165) is 22.3 Å². The number of anilines is 1. The number of likely N-dealkylation sites (N-methyl/N-ethyl adjacent to an activating group) is 1. The van der Waals surface area contributed by atoms with Gasteiger partial charge in [-0.2, -0.15) is 0 Å². The van der Waals surface area contributed by atoms with E-state index in [2.05, 4.69) is 15.5 Å². The average molecular weight is 668 g/mol. The van der Waals surface area contributed by atoms with Crippen LogP contribution in [0.2, 0.25) is 0 Å². The number of hydrogen-bond acceptors (Lipinski definition) is 8. The molecule has 5 rings (SSSR count). The zero-order valence-corrected chi connectivity index (χ0v) is 28.1. The highest BCUT2D eigenvalue weighted by molar-refractivity contribution is 5.92. The Balaban J connectivity index is 1.31. The summed E-state index contributed by atoms with van der Waals surface area (Å²) in [5.41, 5.74) is 4.69. The molecule has 1 aliphatic heterocycles. The molecule has 0 radical (unpaired) electrons. The molecule has 2 amide bonds. The Morgan fingerprint density at radius 3 is 2.27 bits per heavy atom. The molecule has 0 spiro atoms. The highest BCUT2D eigenvalue weighted by Crippen LogP contribution is 2.39. The SMILES string of the molecule is COC(=O)[C@H](Cc1ccccc1)NC(=O)Nc1cccc([C@@H]2O[C@H](CN(C)[C@@H](C)[C@H](O)c3ccccc3)C[C@H](c3ccc(CO)cc3)O2)c1. The number of aliphatic hydroxyl groups excluding tert-OH is 2. The molecular weight excluding hydrogens is 622 g/mol. The smallest absolute Gasteiger partial charge is 0.328 e. The normalized spacial score (nSPS) is 19.4. The lowest BCUT2D eigenvalue weighted by Gasteiger charge is -2.39. The van der Waals surface area contributed by atoms with E-state index in [9.17, 15) is 19.8 Å². The molecule has 4 aromatic carbocycles. The maximum absolute atomic E-state index is 13.1. The highest BCUT2D eigenvalue weighted by Gasteiger charge is 2.34. The lowest BCUT2D eigenvalue weighted by molar-refractivity contribution is -0.253. The van der Waals surface area contributed by atoms with Crippen molar-refractivity contribution in [3.05, 3.63) is 137 Å². The van der Waals surface area contributed by atoms with E-state index in [-0.39, 0.29) is 31.3 Å². The average Bonchev–Trinajstić information content (AvgIpc) is 3.14. The Morgan fingerprint density at radius 1 is 0.898 bits per heavy atom. The van der Waals surface area contributed by atoms with Crippen LogP contribution in [0, 0.1) is 0 Å². The number of nitrogens with one attached hydrogen (secondary N) is 2. The van der Waals surface area contributed by atoms with Crippen molar-refractivity contribution in [1.29, 1.82) is 0 Å². The first-order valence-electron chi connectivity index (χ1n) is 16.5. The van der Waals surface area contributed by atoms with Crippen molar-refractivity contribution in [2.24, 2.45) is 0 Å². The molecule has 0 aliphatic carbocycles. The molecular formula is C39H45N3O7. The number of urea groups is 1. The van der Waals surface area contributed by atoms with Gasteiger partial charge >= 0.3 is 12.0 Å². The number of benzene rings is 4. The number of ether oxygens (including phenoxy) is 3. The molecule has 10 nitrogen and oxygen atoms in total. The van der Waals surface area contributed by atoms with E-state index in [1.165, 1.54) is 7.11 Å². The van der Waals surface area contributed by atoms with Crippen LogP contribution in [-0.2, 0) is 32.0 Å². The Hall–Kier alpha value is -4.58. The van der Waals surface area contributed by atoms with E-state index in [1.807, 2.05) is 105 Å². The number of nitrogens with zero attached hydrogens (tertiary/aromatic N) is 1. The minimum absolute atomic E-state index is 0.0490. The molecule has 6 atom stereocenters. The van der Waals surface area contributed by atoms with Crippen LogP contribution >= 0.6 is 0 Å². The van der Waals surface area contributed by atoms with Crippen LogP contribution in [0.1, 0.15) is 59.7 Å². The standard InChI is InChI=1S/C39H45N3O7/c1-26(36(44)30-13-8-5-9-14-30)42(2)24-33-23-35(29-19-17-28(25-43)18-20-29)49-38(48-33)31-15-10-16-32(22-31)40-39(46)41-34(37(45)47-3)21-27-11-6-4-7-12-27/h4-20,22,26,33-36,38,43-44H,21,23-25H2,1-3H3,(H2,40,41,46)/t26-,33-,34-,35+,36-,38+/m0/s1. The fourth-order valence-electron chi connectivity index (χ4n) is 5.96. The van der Waals surface area contributed by atoms with Crippen molar-refractivity contribution >= 4 is 17.7 Å². The van der Waals surface area contributed by atoms with Crippen molar-refractivity contribution in [3.63, 3.8) is 0 Å². The predicted molar refractivity (Wildman–Crippen MR) is 186 cm³/mol. The fraction of sp³-hybridized carbons (Fsp3) is 0.333. The van der Waals surface area contributed by atoms with E-state index >= 15 is 0 Å². The Morgan fingerprint density at radius 2 is 1.59 bits per heavy atom. The van der Waals surface area contributed by atoms with Crippen LogP contribution in [0.5, 0.6) is 0 Å². The number of methoxy groups -OCH3 is 1. The number of esters is 1. The molecule has 258 valence electrons. The third-order valence-corrected chi connectivity index (χ3v) is 8.89. The second kappa shape index (κ2) is 17.2. The van der Waals surface area contributed by atoms with Gasteiger partial charge in [-0.1, -0.05) is 97.1 Å². The molecule has 0 bridgehead atoms. The van der Waals surface area contributed by atoms with Gasteiger partial charge in [-0.15, -0.1) is 0 Å². The molecule has 0 aromatic heterocycles. The summed E-state index contributed by atoms with van der Waals surface area (Å²) in [6.07, 6.45) is -1.14. The molecule has 1 saturated heterocycles. The number of carbonyl (C=O) groups is 2. The van der Waals surface area contributed by atoms with Gasteiger partial charge in [-0.05, 0) is 48.4 Å². The Bertz CT molecular complexity index is 1640. The van der Waals surface area contributed by atoms with Crippen molar-refractivity contribution in [1.82, 2.24) is 10.2 Å². The quantitative estimate of drug-likeness (QED) is 0.134. The maximum atomic E-state index is 13.1. The van der Waals surface area contributed by atoms with Gasteiger partial charge in [-0.25, -0.2) is 9.59 Å². The number of rotatable bonds is 13. The van der Waals surface area contributed by atoms with Crippen LogP contribution in [0.15, 0.2) is 109 Å². The van der Waals surface area contributed by atoms with Crippen LogP contribution in [0.25, 0.3) is 0 Å². The molecule has 10 heteroatoms. The Labute approximate surface area is 287 Å². The summed E-state index contributed by atoms with van der Waals surface area (Å²) in [6, 6.07) is 32.3. The molecule has 4 aromatic rings. The van der Waals surface area contributed by atoms with Crippen molar-refractivity contribution in [2.45, 2.75) is 63.1 Å². The molecule has 1 aliphatic rings. The first-order chi connectivity index (χ1) is 23.7. The van der Waals surface area contributed by atoms with Crippen molar-refractivity contribution in [3.8, 4) is 0 Å². The van der Waals surface area contributed by atoms with Gasteiger partial charge in [0.1, 0.15) is 6.04 Å². The molecule has 4 N–H and O–H groups in total. The summed E-state index contributed by atoms with van der Waals surface area (Å²) >= 11 is 0. The molecule has 0 unspecified atom stereocenters. The molecule has 1 fully saturated rings. The number of aliphatic hydroxyl groups is 2. The van der Waals surface area contributed by atoms with E-state index in [4.69, 9.17) is 14.2 Å². The third-order valence-electron chi connectivity index (χ3n) is 8.89. The maximum Gasteiger partial charge on any atom is 0.328 e. The number of amides is 2. The molecule has 0 saturated carbocycles. The number of carbonyl (C=O) groups excluding carboxylic acids is 2. The second-order valence-corrected chi connectivity index (χ2v) is 12.4. The van der Waals surface area contributed by atoms with Crippen LogP contribution in [-0.4, -0.2) is 66.0 Å². The molecule has 49 heavy (non-hydrogen) atoms. The monoisotopic (exact) mass is 667 g/mol. The van der Waals surface area contributed by atoms with E-state index in [1.54, 1.807) is 18.2 Å². The summed E-state index contributed by atoms with van der Waals surface area (Å²) in [5, 5.41) is 26.2. The minimum Gasteiger partial charge on any atom is -0.467 e. The van der Waals surface area contributed by atoms with Gasteiger partial charge in [0.15, 0.2) is 6.29 Å². The van der Waals surface area contributed by atoms with Gasteiger partial charge < -0.3 is 35.1 Å². The van der Waals surface area contributed by atoms with Gasteiger partial charge in [0, 0.05) is 36.7 Å². The van der Waals surface area contributed by atoms with Gasteiger partial charge in [0.05, 0.1) is 32.0 Å². The van der Waals surface area contributed by atoms with Gasteiger partial charge in [0.25, 0.3) is 0 Å². The van der Waals surface area contributed by atoms with Crippen LogP contribution in [0.4, 0.5) is 10.5 Å². The first kappa shape index (κ1) is 35.7. The van der Waals surface area contributed by atoms with Crippen molar-refractivity contribution in [2.75, 3.05) is 26.0 Å². The third kappa shape index (κ3) is 9.75. The topological polar surface area (TPSA) is 130 Å². The van der Waals surface area contributed by atoms with Crippen molar-refractivity contribution < 1.29 is 34.0 Å². The predicted octanol–water partition coefficient (Wildman–Crippen LogP) is 5.68. The summed E-state index contributed by atoms with van der Waals surface area (Å²) in [5.74, 6) is -0.545. The minimum atomic E-state index is -0.876. The largest absolute Gasteiger partial charge is 0.467 e. The summed E-state index contributed by atoms with van der Waals surface area (Å²) in [6.45, 7) is 2.48. The first-order valence-corrected chi connectivity index (χ1v) is 16.5. The zero-order valence-electron chi connectivity index (χ0n) is 28.1. The lowest BCUT2D eigenvalue weighted by atomic mass is 9.98. The highest BCUT2D eigenvalue weighted by atomic mass is 16.7. The van der Waals surface area contributed by atoms with Crippen LogP contribution < -0.4 is 10.6 Å². The summed E-state index contributed by atoms with van der Waals surface area (Å²) < 4.78 is 18.0. The number of hydrogen-bond donors (Lipinski definition) is 4. The summed E-state index contributed by atoms with van der Waals surface area (Å²) in [4.78, 5) is 27.6. The summed E-state index contributed by atoms with van der Waals surface area (Å²) in [7, 11) is 3.26. The van der Waals surface area contributed by atoms with Gasteiger partial charge in [0.2, 0.25) is 0 Å². The molecule has 1 heterocycles.